The summed E-state index contributed by atoms with van der Waals surface area (Å²) in [6, 6.07) is 28.3. The van der Waals surface area contributed by atoms with Crippen LogP contribution < -0.4 is 0 Å². The highest BCUT2D eigenvalue weighted by atomic mass is 16.1. The van der Waals surface area contributed by atoms with Crippen molar-refractivity contribution in [1.82, 2.24) is 0 Å². The molecule has 0 atom stereocenters. The third-order valence-corrected chi connectivity index (χ3v) is 5.92. The largest absolute Gasteiger partial charge is 0.289 e. The summed E-state index contributed by atoms with van der Waals surface area (Å²) in [6.45, 7) is 5.78. The fourth-order valence-corrected chi connectivity index (χ4v) is 3.85. The molecule has 0 saturated carbocycles. The average molecular weight is 453 g/mol. The van der Waals surface area contributed by atoms with Crippen LogP contribution in [0.15, 0.2) is 97.6 Å². The molecule has 0 N–H and O–H groups in total. The second-order valence-electron chi connectivity index (χ2n) is 8.58. The third-order valence-electron chi connectivity index (χ3n) is 5.92. The van der Waals surface area contributed by atoms with Crippen LogP contribution in [0.1, 0.15) is 64.4 Å². The molecule has 0 unspecified atom stereocenters. The summed E-state index contributed by atoms with van der Waals surface area (Å²) in [5, 5.41) is 2.06. The van der Waals surface area contributed by atoms with Crippen molar-refractivity contribution < 1.29 is 4.79 Å². The molecule has 0 aromatic heterocycles. The summed E-state index contributed by atoms with van der Waals surface area (Å²) < 4.78 is 0. The van der Waals surface area contributed by atoms with Gasteiger partial charge in [-0.2, -0.15) is 0 Å². The zero-order valence-electron chi connectivity index (χ0n) is 20.1. The van der Waals surface area contributed by atoms with Crippen molar-refractivity contribution in [3.05, 3.63) is 131 Å². The number of aryl methyl sites for hydroxylation is 1. The van der Waals surface area contributed by atoms with Crippen LogP contribution in [0, 0.1) is 23.7 Å². The van der Waals surface area contributed by atoms with E-state index >= 15 is 0 Å². The molecular weight excluding hydrogens is 424 g/mol. The Morgan fingerprint density at radius 3 is 1.80 bits per heavy atom. The minimum atomic E-state index is -0.0698. The van der Waals surface area contributed by atoms with E-state index in [1.54, 1.807) is 0 Å². The van der Waals surface area contributed by atoms with Crippen molar-refractivity contribution in [3.8, 4) is 23.7 Å². The Kier molecular flexibility index (Phi) is 7.96. The minimum absolute atomic E-state index is 0.0698. The third kappa shape index (κ3) is 6.60. The van der Waals surface area contributed by atoms with Gasteiger partial charge in [0.2, 0.25) is 0 Å². The number of hydrogen-bond acceptors (Lipinski definition) is 1. The molecule has 4 aromatic rings. The Bertz CT molecular complexity index is 1460. The van der Waals surface area contributed by atoms with Crippen molar-refractivity contribution in [1.29, 1.82) is 0 Å². The predicted molar refractivity (Wildman–Crippen MR) is 147 cm³/mol. The lowest BCUT2D eigenvalue weighted by Gasteiger charge is -2.01. The van der Waals surface area contributed by atoms with E-state index in [4.69, 9.17) is 0 Å². The number of allylic oxidation sites excluding steroid dienone is 1. The number of hydrogen-bond donors (Lipinski definition) is 0. The summed E-state index contributed by atoms with van der Waals surface area (Å²) >= 11 is 0. The molecule has 1 nitrogen and oxygen atoms in total. The highest BCUT2D eigenvalue weighted by Crippen LogP contribution is 2.18. The van der Waals surface area contributed by atoms with Gasteiger partial charge in [0.1, 0.15) is 0 Å². The quantitative estimate of drug-likeness (QED) is 0.127. The van der Waals surface area contributed by atoms with Gasteiger partial charge in [-0.3, -0.25) is 4.79 Å². The van der Waals surface area contributed by atoms with Gasteiger partial charge in [-0.15, -0.1) is 0 Å². The molecule has 0 aliphatic heterocycles. The predicted octanol–water partition coefficient (Wildman–Crippen LogP) is 7.74. The van der Waals surface area contributed by atoms with Crippen LogP contribution in [0.5, 0.6) is 0 Å². The van der Waals surface area contributed by atoms with E-state index < -0.39 is 0 Å². The van der Waals surface area contributed by atoms with Gasteiger partial charge >= 0.3 is 0 Å². The van der Waals surface area contributed by atoms with E-state index in [-0.39, 0.29) is 5.78 Å². The average Bonchev–Trinajstić information content (AvgIpc) is 2.91. The molecular formula is C34H28O. The van der Waals surface area contributed by atoms with Crippen LogP contribution in [0.4, 0.5) is 0 Å². The molecule has 4 rings (SSSR count). The molecule has 0 amide bonds. The smallest absolute Gasteiger partial charge is 0.185 e. The second-order valence-corrected chi connectivity index (χ2v) is 8.58. The summed E-state index contributed by atoms with van der Waals surface area (Å²) in [5.74, 6) is 12.9. The normalized spacial score (nSPS) is 10.1. The molecule has 0 saturated heterocycles. The maximum atomic E-state index is 11.8. The van der Waals surface area contributed by atoms with Crippen molar-refractivity contribution in [3.63, 3.8) is 0 Å². The van der Waals surface area contributed by atoms with Gasteiger partial charge in [0.15, 0.2) is 5.78 Å². The molecule has 35 heavy (non-hydrogen) atoms. The lowest BCUT2D eigenvalue weighted by atomic mass is 10.0. The Morgan fingerprint density at radius 1 is 0.686 bits per heavy atom. The fraction of sp³-hybridized carbons (Fsp3) is 0.147. The van der Waals surface area contributed by atoms with Crippen LogP contribution >= 0.6 is 0 Å². The fourth-order valence-electron chi connectivity index (χ4n) is 3.85. The number of rotatable bonds is 6. The van der Waals surface area contributed by atoms with Crippen LogP contribution in [0.2, 0.25) is 0 Å². The second kappa shape index (κ2) is 11.7. The number of benzene rings is 4. The first-order chi connectivity index (χ1) is 17.1. The topological polar surface area (TPSA) is 17.1 Å². The van der Waals surface area contributed by atoms with Gasteiger partial charge in [0.25, 0.3) is 0 Å². The van der Waals surface area contributed by atoms with Gasteiger partial charge in [-0.1, -0.05) is 80.4 Å². The van der Waals surface area contributed by atoms with Gasteiger partial charge in [0.05, 0.1) is 0 Å². The first-order valence-corrected chi connectivity index (χ1v) is 12.1. The Labute approximate surface area is 208 Å². The first kappa shape index (κ1) is 23.8. The molecule has 0 fully saturated rings. The molecule has 0 radical (unpaired) electrons. The van der Waals surface area contributed by atoms with E-state index in [0.717, 1.165) is 39.4 Å². The van der Waals surface area contributed by atoms with Crippen molar-refractivity contribution in [2.24, 2.45) is 0 Å². The first-order valence-electron chi connectivity index (χ1n) is 12.1. The molecule has 0 aliphatic carbocycles. The Hall–Kier alpha value is -4.33. The molecule has 170 valence electrons. The van der Waals surface area contributed by atoms with Crippen molar-refractivity contribution >= 4 is 16.6 Å². The molecule has 4 aromatic carbocycles. The number of carbonyl (C=O) groups is 1. The Balaban J connectivity index is 1.41. The lowest BCUT2D eigenvalue weighted by Crippen LogP contribution is -1.92. The van der Waals surface area contributed by atoms with Gasteiger partial charge in [-0.05, 0) is 89.9 Å². The molecule has 0 heterocycles. The number of unbranched alkanes of at least 4 members (excludes halogenated alkanes) is 2. The van der Waals surface area contributed by atoms with Crippen molar-refractivity contribution in [2.75, 3.05) is 0 Å². The monoisotopic (exact) mass is 452 g/mol. The van der Waals surface area contributed by atoms with E-state index in [1.165, 1.54) is 30.9 Å². The Morgan fingerprint density at radius 2 is 1.20 bits per heavy atom. The standard InChI is InChI=1S/C34H28O/c1-3-5-6-7-26-8-10-27(11-9-26)12-13-28-14-16-29(17-15-28)18-19-30-20-21-32-25-33(34(35)4-2)23-22-31(32)24-30/h4,8-11,14-17,20-25H,2-3,5-7H2,1H3. The molecule has 0 aliphatic rings. The number of fused-ring (bicyclic) bond motifs is 1. The minimum Gasteiger partial charge on any atom is -0.289 e. The summed E-state index contributed by atoms with van der Waals surface area (Å²) in [7, 11) is 0. The van der Waals surface area contributed by atoms with Crippen LogP contribution in [0.25, 0.3) is 10.8 Å². The number of carbonyl (C=O) groups excluding carboxylic acids is 1. The van der Waals surface area contributed by atoms with Crippen molar-refractivity contribution in [2.45, 2.75) is 32.6 Å². The van der Waals surface area contributed by atoms with E-state index in [9.17, 15) is 4.79 Å². The summed E-state index contributed by atoms with van der Waals surface area (Å²) in [4.78, 5) is 11.8. The van der Waals surface area contributed by atoms with Gasteiger partial charge in [0, 0.05) is 27.8 Å². The summed E-state index contributed by atoms with van der Waals surface area (Å²) in [6.07, 6.45) is 6.26. The van der Waals surface area contributed by atoms with E-state index in [1.807, 2.05) is 60.7 Å². The molecule has 0 bridgehead atoms. The van der Waals surface area contributed by atoms with E-state index in [0.29, 0.717) is 5.56 Å². The van der Waals surface area contributed by atoms with Gasteiger partial charge in [-0.25, -0.2) is 0 Å². The highest BCUT2D eigenvalue weighted by Gasteiger charge is 2.03. The molecule has 0 spiro atoms. The lowest BCUT2D eigenvalue weighted by molar-refractivity contribution is 0.104. The SMILES string of the molecule is C=CC(=O)c1ccc2cc(C#Cc3ccc(C#Cc4ccc(CCCCC)cc4)cc3)ccc2c1. The van der Waals surface area contributed by atoms with E-state index in [2.05, 4.69) is 61.4 Å². The highest BCUT2D eigenvalue weighted by molar-refractivity contribution is 6.06. The number of ketones is 1. The molecule has 1 heteroatoms. The van der Waals surface area contributed by atoms with Crippen LogP contribution in [-0.4, -0.2) is 5.78 Å². The maximum Gasteiger partial charge on any atom is 0.185 e. The zero-order valence-corrected chi connectivity index (χ0v) is 20.1. The van der Waals surface area contributed by atoms with Crippen LogP contribution in [-0.2, 0) is 6.42 Å². The summed E-state index contributed by atoms with van der Waals surface area (Å²) in [5.41, 5.74) is 5.91. The maximum absolute atomic E-state index is 11.8. The zero-order chi connectivity index (χ0) is 24.5. The van der Waals surface area contributed by atoms with Gasteiger partial charge < -0.3 is 0 Å². The van der Waals surface area contributed by atoms with Crippen LogP contribution in [0.3, 0.4) is 0 Å².